The van der Waals surface area contributed by atoms with Crippen LogP contribution in [0.4, 0.5) is 0 Å². The van der Waals surface area contributed by atoms with Crippen LogP contribution in [0.15, 0.2) is 36.4 Å². The van der Waals surface area contributed by atoms with E-state index in [9.17, 15) is 0 Å². The third-order valence-electron chi connectivity index (χ3n) is 3.47. The van der Waals surface area contributed by atoms with E-state index in [0.717, 1.165) is 12.2 Å². The lowest BCUT2D eigenvalue weighted by molar-refractivity contribution is 0.255. The first-order valence-electron chi connectivity index (χ1n) is 6.51. The first-order chi connectivity index (χ1) is 8.63. The van der Waals surface area contributed by atoms with Gasteiger partial charge in [-0.25, -0.2) is 0 Å². The highest BCUT2D eigenvalue weighted by molar-refractivity contribution is 5.74. The SMILES string of the molecule is Cc1cccc(-c2cc(C)cc3c2OC(C)C3)c1. The second kappa shape index (κ2) is 4.16. The Morgan fingerprint density at radius 3 is 2.67 bits per heavy atom. The van der Waals surface area contributed by atoms with Crippen molar-refractivity contribution in [1.29, 1.82) is 0 Å². The number of hydrogen-bond acceptors (Lipinski definition) is 1. The van der Waals surface area contributed by atoms with Gasteiger partial charge < -0.3 is 4.74 Å². The molecule has 0 saturated carbocycles. The largest absolute Gasteiger partial charge is 0.489 e. The molecule has 0 fully saturated rings. The third-order valence-corrected chi connectivity index (χ3v) is 3.47. The first kappa shape index (κ1) is 11.3. The van der Waals surface area contributed by atoms with E-state index in [0.29, 0.717) is 6.10 Å². The fraction of sp³-hybridized carbons (Fsp3) is 0.294. The van der Waals surface area contributed by atoms with E-state index < -0.39 is 0 Å². The Morgan fingerprint density at radius 2 is 1.89 bits per heavy atom. The van der Waals surface area contributed by atoms with E-state index in [-0.39, 0.29) is 0 Å². The predicted molar refractivity (Wildman–Crippen MR) is 75.1 cm³/mol. The van der Waals surface area contributed by atoms with Crippen LogP contribution in [0.2, 0.25) is 0 Å². The van der Waals surface area contributed by atoms with Gasteiger partial charge in [-0.15, -0.1) is 0 Å². The van der Waals surface area contributed by atoms with Crippen LogP contribution in [-0.4, -0.2) is 6.10 Å². The van der Waals surface area contributed by atoms with Crippen LogP contribution >= 0.6 is 0 Å². The third kappa shape index (κ3) is 1.90. The molecule has 1 aliphatic heterocycles. The van der Waals surface area contributed by atoms with Crippen molar-refractivity contribution in [3.05, 3.63) is 53.1 Å². The van der Waals surface area contributed by atoms with Gasteiger partial charge in [0.2, 0.25) is 0 Å². The second-order valence-electron chi connectivity index (χ2n) is 5.30. The normalized spacial score (nSPS) is 17.4. The molecule has 0 radical (unpaired) electrons. The molecular weight excluding hydrogens is 220 g/mol. The zero-order valence-electron chi connectivity index (χ0n) is 11.2. The van der Waals surface area contributed by atoms with Crippen LogP contribution in [0.1, 0.15) is 23.6 Å². The van der Waals surface area contributed by atoms with Crippen molar-refractivity contribution in [1.82, 2.24) is 0 Å². The van der Waals surface area contributed by atoms with Gasteiger partial charge >= 0.3 is 0 Å². The molecule has 1 nitrogen and oxygen atoms in total. The van der Waals surface area contributed by atoms with Crippen LogP contribution < -0.4 is 4.74 Å². The average molecular weight is 238 g/mol. The average Bonchev–Trinajstić information content (AvgIpc) is 2.68. The second-order valence-corrected chi connectivity index (χ2v) is 5.30. The minimum Gasteiger partial charge on any atom is -0.489 e. The molecule has 1 unspecified atom stereocenters. The maximum atomic E-state index is 5.99. The highest BCUT2D eigenvalue weighted by atomic mass is 16.5. The van der Waals surface area contributed by atoms with Gasteiger partial charge in [0, 0.05) is 12.0 Å². The molecule has 0 amide bonds. The Balaban J connectivity index is 2.18. The van der Waals surface area contributed by atoms with Crippen LogP contribution in [-0.2, 0) is 6.42 Å². The minimum atomic E-state index is 0.297. The summed E-state index contributed by atoms with van der Waals surface area (Å²) in [6.07, 6.45) is 1.32. The molecule has 1 atom stereocenters. The van der Waals surface area contributed by atoms with Crippen molar-refractivity contribution in [3.63, 3.8) is 0 Å². The maximum Gasteiger partial charge on any atom is 0.130 e. The molecule has 1 aliphatic rings. The Labute approximate surface area is 108 Å². The van der Waals surface area contributed by atoms with Gasteiger partial charge in [-0.3, -0.25) is 0 Å². The van der Waals surface area contributed by atoms with Gasteiger partial charge in [-0.2, -0.15) is 0 Å². The number of benzene rings is 2. The molecular formula is C17H18O. The smallest absolute Gasteiger partial charge is 0.130 e. The quantitative estimate of drug-likeness (QED) is 0.720. The molecule has 1 heterocycles. The van der Waals surface area contributed by atoms with Gasteiger partial charge in [0.1, 0.15) is 11.9 Å². The Bertz CT molecular complexity index is 599. The standard InChI is InChI=1S/C17H18O/c1-11-5-4-6-14(7-11)16-9-12(2)8-15-10-13(3)18-17(15)16/h4-9,13H,10H2,1-3H3. The van der Waals surface area contributed by atoms with Crippen molar-refractivity contribution in [2.45, 2.75) is 33.3 Å². The van der Waals surface area contributed by atoms with Gasteiger partial charge in [-0.1, -0.05) is 35.9 Å². The van der Waals surface area contributed by atoms with Gasteiger partial charge in [0.25, 0.3) is 0 Å². The van der Waals surface area contributed by atoms with E-state index in [1.165, 1.54) is 27.8 Å². The predicted octanol–water partition coefficient (Wildman–Crippen LogP) is 4.29. The summed E-state index contributed by atoms with van der Waals surface area (Å²) in [5, 5.41) is 0. The topological polar surface area (TPSA) is 9.23 Å². The highest BCUT2D eigenvalue weighted by Crippen LogP contribution is 2.39. The molecule has 3 rings (SSSR count). The molecule has 0 spiro atoms. The lowest BCUT2D eigenvalue weighted by Gasteiger charge is -2.11. The van der Waals surface area contributed by atoms with Crippen LogP contribution in [0.3, 0.4) is 0 Å². The molecule has 1 heteroatoms. The molecule has 0 bridgehead atoms. The number of ether oxygens (including phenoxy) is 1. The number of rotatable bonds is 1. The summed E-state index contributed by atoms with van der Waals surface area (Å²) in [7, 11) is 0. The van der Waals surface area contributed by atoms with Crippen molar-refractivity contribution < 1.29 is 4.74 Å². The number of fused-ring (bicyclic) bond motifs is 1. The lowest BCUT2D eigenvalue weighted by Crippen LogP contribution is -2.05. The Kier molecular flexibility index (Phi) is 2.62. The molecule has 92 valence electrons. The summed E-state index contributed by atoms with van der Waals surface area (Å²) in [4.78, 5) is 0. The summed E-state index contributed by atoms with van der Waals surface area (Å²) in [5.74, 6) is 1.08. The lowest BCUT2D eigenvalue weighted by atomic mass is 9.97. The van der Waals surface area contributed by atoms with E-state index in [1.54, 1.807) is 0 Å². The fourth-order valence-electron chi connectivity index (χ4n) is 2.72. The first-order valence-corrected chi connectivity index (χ1v) is 6.51. The van der Waals surface area contributed by atoms with Crippen molar-refractivity contribution in [3.8, 4) is 16.9 Å². The molecule has 2 aromatic carbocycles. The molecule has 0 N–H and O–H groups in total. The van der Waals surface area contributed by atoms with Gasteiger partial charge in [0.15, 0.2) is 0 Å². The van der Waals surface area contributed by atoms with Gasteiger partial charge in [-0.05, 0) is 43.5 Å². The van der Waals surface area contributed by atoms with E-state index >= 15 is 0 Å². The molecule has 0 aliphatic carbocycles. The Hall–Kier alpha value is -1.76. The van der Waals surface area contributed by atoms with Crippen molar-refractivity contribution in [2.24, 2.45) is 0 Å². The zero-order chi connectivity index (χ0) is 12.7. The monoisotopic (exact) mass is 238 g/mol. The summed E-state index contributed by atoms with van der Waals surface area (Å²) in [6.45, 7) is 6.42. The number of aryl methyl sites for hydroxylation is 2. The van der Waals surface area contributed by atoms with E-state index in [2.05, 4.69) is 57.2 Å². The van der Waals surface area contributed by atoms with Gasteiger partial charge in [0.05, 0.1) is 0 Å². The van der Waals surface area contributed by atoms with Crippen molar-refractivity contribution in [2.75, 3.05) is 0 Å². The minimum absolute atomic E-state index is 0.297. The molecule has 2 aromatic rings. The Morgan fingerprint density at radius 1 is 1.06 bits per heavy atom. The summed E-state index contributed by atoms with van der Waals surface area (Å²) in [5.41, 5.74) is 6.43. The summed E-state index contributed by atoms with van der Waals surface area (Å²) in [6, 6.07) is 13.1. The molecule has 18 heavy (non-hydrogen) atoms. The summed E-state index contributed by atoms with van der Waals surface area (Å²) < 4.78 is 5.99. The van der Waals surface area contributed by atoms with Crippen molar-refractivity contribution >= 4 is 0 Å². The van der Waals surface area contributed by atoms with Crippen LogP contribution in [0.25, 0.3) is 11.1 Å². The molecule has 0 aromatic heterocycles. The summed E-state index contributed by atoms with van der Waals surface area (Å²) >= 11 is 0. The number of hydrogen-bond donors (Lipinski definition) is 0. The van der Waals surface area contributed by atoms with E-state index in [1.807, 2.05) is 0 Å². The zero-order valence-corrected chi connectivity index (χ0v) is 11.2. The molecule has 0 saturated heterocycles. The highest BCUT2D eigenvalue weighted by Gasteiger charge is 2.23. The van der Waals surface area contributed by atoms with E-state index in [4.69, 9.17) is 4.74 Å². The fourth-order valence-corrected chi connectivity index (χ4v) is 2.72. The maximum absolute atomic E-state index is 5.99. The van der Waals surface area contributed by atoms with Crippen LogP contribution in [0.5, 0.6) is 5.75 Å². The van der Waals surface area contributed by atoms with Crippen LogP contribution in [0, 0.1) is 13.8 Å².